The molecule has 2 aromatic rings. The highest BCUT2D eigenvalue weighted by molar-refractivity contribution is 7.92. The van der Waals surface area contributed by atoms with Gasteiger partial charge in [0.2, 0.25) is 21.8 Å². The molecule has 0 bridgehead atoms. The first-order valence-electron chi connectivity index (χ1n) is 12.6. The first-order chi connectivity index (χ1) is 17.5. The Morgan fingerprint density at radius 1 is 1.03 bits per heavy atom. The number of sulfonamides is 1. The zero-order valence-corrected chi connectivity index (χ0v) is 23.9. The number of carbonyl (C=O) groups excluding carboxylic acids is 2. The number of amides is 2. The molecule has 0 aliphatic heterocycles. The van der Waals surface area contributed by atoms with Crippen molar-refractivity contribution in [1.29, 1.82) is 0 Å². The Morgan fingerprint density at radius 2 is 1.68 bits per heavy atom. The fraction of sp³-hybridized carbons (Fsp3) is 0.481. The van der Waals surface area contributed by atoms with Crippen LogP contribution in [0.15, 0.2) is 42.5 Å². The second-order valence-electron chi connectivity index (χ2n) is 9.64. The molecule has 0 spiro atoms. The van der Waals surface area contributed by atoms with Crippen LogP contribution in [0.4, 0.5) is 5.69 Å². The van der Waals surface area contributed by atoms with E-state index in [1.165, 1.54) is 4.90 Å². The number of benzene rings is 2. The van der Waals surface area contributed by atoms with Gasteiger partial charge < -0.3 is 10.2 Å². The van der Waals surface area contributed by atoms with Crippen molar-refractivity contribution >= 4 is 50.7 Å². The summed E-state index contributed by atoms with van der Waals surface area (Å²) in [7, 11) is -3.77. The van der Waals surface area contributed by atoms with Crippen LogP contribution in [-0.4, -0.2) is 50.0 Å². The number of aryl methyl sites for hydroxylation is 1. The van der Waals surface area contributed by atoms with E-state index in [0.717, 1.165) is 48.2 Å². The minimum atomic E-state index is -3.77. The van der Waals surface area contributed by atoms with Crippen molar-refractivity contribution in [3.63, 3.8) is 0 Å². The highest BCUT2D eigenvalue weighted by atomic mass is 35.5. The molecule has 1 atom stereocenters. The van der Waals surface area contributed by atoms with Gasteiger partial charge in [0.25, 0.3) is 0 Å². The number of nitrogens with zero attached hydrogens (tertiary/aromatic N) is 2. The van der Waals surface area contributed by atoms with E-state index >= 15 is 0 Å². The van der Waals surface area contributed by atoms with Crippen LogP contribution in [0.5, 0.6) is 0 Å². The number of rotatable bonds is 10. The van der Waals surface area contributed by atoms with Gasteiger partial charge in [0.1, 0.15) is 12.6 Å². The fourth-order valence-electron chi connectivity index (χ4n) is 4.62. The van der Waals surface area contributed by atoms with Gasteiger partial charge in [0.15, 0.2) is 0 Å². The van der Waals surface area contributed by atoms with E-state index < -0.39 is 28.5 Å². The van der Waals surface area contributed by atoms with E-state index in [0.29, 0.717) is 27.7 Å². The Labute approximate surface area is 230 Å². The average Bonchev–Trinajstić information content (AvgIpc) is 2.85. The molecule has 1 N–H and O–H groups in total. The highest BCUT2D eigenvalue weighted by Crippen LogP contribution is 2.25. The first-order valence-corrected chi connectivity index (χ1v) is 15.2. The van der Waals surface area contributed by atoms with Crippen LogP contribution in [0.3, 0.4) is 0 Å². The Bertz CT molecular complexity index is 1200. The Morgan fingerprint density at radius 3 is 2.24 bits per heavy atom. The van der Waals surface area contributed by atoms with Gasteiger partial charge >= 0.3 is 0 Å². The van der Waals surface area contributed by atoms with E-state index in [4.69, 9.17) is 23.2 Å². The van der Waals surface area contributed by atoms with Crippen molar-refractivity contribution in [3.8, 4) is 0 Å². The van der Waals surface area contributed by atoms with Crippen LogP contribution in [0, 0.1) is 6.92 Å². The van der Waals surface area contributed by atoms with E-state index in [2.05, 4.69) is 5.32 Å². The summed E-state index contributed by atoms with van der Waals surface area (Å²) in [6.07, 6.45) is 6.55. The fourth-order valence-corrected chi connectivity index (χ4v) is 5.79. The summed E-state index contributed by atoms with van der Waals surface area (Å²) in [6.45, 7) is 3.39. The van der Waals surface area contributed by atoms with Gasteiger partial charge in [-0.1, -0.05) is 73.2 Å². The van der Waals surface area contributed by atoms with Crippen molar-refractivity contribution in [3.05, 3.63) is 63.6 Å². The second-order valence-corrected chi connectivity index (χ2v) is 12.4. The number of hydrogen-bond acceptors (Lipinski definition) is 4. The van der Waals surface area contributed by atoms with Gasteiger partial charge in [-0.05, 0) is 56.0 Å². The Kier molecular flexibility index (Phi) is 10.3. The predicted octanol–water partition coefficient (Wildman–Crippen LogP) is 5.32. The quantitative estimate of drug-likeness (QED) is 0.420. The lowest BCUT2D eigenvalue weighted by molar-refractivity contribution is -0.140. The average molecular weight is 569 g/mol. The summed E-state index contributed by atoms with van der Waals surface area (Å²) >= 11 is 12.3. The Hall–Kier alpha value is -2.29. The van der Waals surface area contributed by atoms with Crippen molar-refractivity contribution < 1.29 is 18.0 Å². The maximum atomic E-state index is 13.8. The molecule has 1 fully saturated rings. The van der Waals surface area contributed by atoms with Gasteiger partial charge in [-0.25, -0.2) is 8.42 Å². The largest absolute Gasteiger partial charge is 0.352 e. The molecular formula is C27H35Cl2N3O4S. The monoisotopic (exact) mass is 567 g/mol. The van der Waals surface area contributed by atoms with Crippen LogP contribution in [-0.2, 0) is 26.2 Å². The zero-order valence-electron chi connectivity index (χ0n) is 21.5. The molecular weight excluding hydrogens is 533 g/mol. The molecule has 0 heterocycles. The molecule has 37 heavy (non-hydrogen) atoms. The summed E-state index contributed by atoms with van der Waals surface area (Å²) in [4.78, 5) is 28.6. The predicted molar refractivity (Wildman–Crippen MR) is 149 cm³/mol. The first kappa shape index (κ1) is 29.3. The van der Waals surface area contributed by atoms with Crippen LogP contribution >= 0.6 is 23.2 Å². The highest BCUT2D eigenvalue weighted by Gasteiger charge is 2.32. The number of nitrogens with one attached hydrogen (secondary N) is 1. The molecule has 0 unspecified atom stereocenters. The molecule has 1 aliphatic carbocycles. The van der Waals surface area contributed by atoms with Crippen LogP contribution in [0.25, 0.3) is 0 Å². The minimum Gasteiger partial charge on any atom is -0.352 e. The summed E-state index contributed by atoms with van der Waals surface area (Å²) in [5.41, 5.74) is 2.04. The second kappa shape index (κ2) is 13.0. The third kappa shape index (κ3) is 8.09. The molecule has 2 amide bonds. The Balaban J connectivity index is 1.92. The number of hydrogen-bond donors (Lipinski definition) is 1. The van der Waals surface area contributed by atoms with Gasteiger partial charge in [0.05, 0.1) is 22.0 Å². The van der Waals surface area contributed by atoms with Crippen molar-refractivity contribution in [2.24, 2.45) is 0 Å². The molecule has 202 valence electrons. The van der Waals surface area contributed by atoms with Gasteiger partial charge in [-0.15, -0.1) is 0 Å². The standard InChI is InChI=1S/C27H35Cl2N3O4S/c1-4-25(27(34)30-21-8-6-5-7-9-21)31(17-20-12-15-23(28)24(29)16-20)26(33)18-32(37(3,35)36)22-13-10-19(2)11-14-22/h10-16,21,25H,4-9,17-18H2,1-3H3,(H,30,34)/t25-/m0/s1. The molecule has 0 saturated heterocycles. The zero-order chi connectivity index (χ0) is 27.2. The molecule has 1 saturated carbocycles. The molecule has 7 nitrogen and oxygen atoms in total. The summed E-state index contributed by atoms with van der Waals surface area (Å²) in [5, 5.41) is 3.84. The molecule has 2 aromatic carbocycles. The van der Waals surface area contributed by atoms with E-state index in [-0.39, 0.29) is 18.5 Å². The lowest BCUT2D eigenvalue weighted by atomic mass is 9.95. The third-order valence-corrected chi connectivity index (χ3v) is 8.56. The molecule has 3 rings (SSSR count). The number of carbonyl (C=O) groups is 2. The molecule has 0 radical (unpaired) electrons. The van der Waals surface area contributed by atoms with Crippen molar-refractivity contribution in [1.82, 2.24) is 10.2 Å². The lowest BCUT2D eigenvalue weighted by Crippen LogP contribution is -2.53. The van der Waals surface area contributed by atoms with Crippen LogP contribution < -0.4 is 9.62 Å². The minimum absolute atomic E-state index is 0.0808. The summed E-state index contributed by atoms with van der Waals surface area (Å²) in [6, 6.07) is 11.3. The maximum absolute atomic E-state index is 13.8. The lowest BCUT2D eigenvalue weighted by Gasteiger charge is -2.34. The number of halogens is 2. The summed E-state index contributed by atoms with van der Waals surface area (Å²) in [5.74, 6) is -0.716. The maximum Gasteiger partial charge on any atom is 0.244 e. The number of anilines is 1. The van der Waals surface area contributed by atoms with Crippen LogP contribution in [0.2, 0.25) is 10.0 Å². The normalized spacial score (nSPS) is 15.2. The molecule has 1 aliphatic rings. The van der Waals surface area contributed by atoms with Gasteiger partial charge in [-0.3, -0.25) is 13.9 Å². The van der Waals surface area contributed by atoms with E-state index in [1.807, 2.05) is 13.8 Å². The summed E-state index contributed by atoms with van der Waals surface area (Å²) < 4.78 is 26.5. The molecule has 10 heteroatoms. The topological polar surface area (TPSA) is 86.8 Å². The van der Waals surface area contributed by atoms with Gasteiger partial charge in [-0.2, -0.15) is 0 Å². The van der Waals surface area contributed by atoms with E-state index in [9.17, 15) is 18.0 Å². The SMILES string of the molecule is CC[C@@H](C(=O)NC1CCCCC1)N(Cc1ccc(Cl)c(Cl)c1)C(=O)CN(c1ccc(C)cc1)S(C)(=O)=O. The van der Waals surface area contributed by atoms with Gasteiger partial charge in [0, 0.05) is 12.6 Å². The van der Waals surface area contributed by atoms with E-state index in [1.54, 1.807) is 42.5 Å². The smallest absolute Gasteiger partial charge is 0.244 e. The van der Waals surface area contributed by atoms with Crippen molar-refractivity contribution in [2.45, 2.75) is 71.0 Å². The third-order valence-electron chi connectivity index (χ3n) is 6.68. The van der Waals surface area contributed by atoms with Crippen LogP contribution in [0.1, 0.15) is 56.6 Å². The van der Waals surface area contributed by atoms with Crippen molar-refractivity contribution in [2.75, 3.05) is 17.1 Å². The molecule has 0 aromatic heterocycles.